The molecule has 1 amide bonds. The van der Waals surface area contributed by atoms with Crippen molar-refractivity contribution in [2.75, 3.05) is 0 Å². The third-order valence-electron chi connectivity index (χ3n) is 3.38. The van der Waals surface area contributed by atoms with Crippen LogP contribution in [0.2, 0.25) is 0 Å². The highest BCUT2D eigenvalue weighted by Crippen LogP contribution is 2.12. The van der Waals surface area contributed by atoms with Gasteiger partial charge < -0.3 is 4.57 Å². The number of fused-ring (bicyclic) bond motifs is 1. The SMILES string of the molecule is O=C(CCn1cnc2ccccc21)N/N=C/c1ccc(Br)cc1. The second-order valence-electron chi connectivity index (χ2n) is 5.02. The highest BCUT2D eigenvalue weighted by Gasteiger charge is 2.04. The molecule has 116 valence electrons. The van der Waals surface area contributed by atoms with Crippen LogP contribution in [0.1, 0.15) is 12.0 Å². The van der Waals surface area contributed by atoms with Gasteiger partial charge >= 0.3 is 0 Å². The van der Waals surface area contributed by atoms with Crippen LogP contribution in [0.25, 0.3) is 11.0 Å². The smallest absolute Gasteiger partial charge is 0.241 e. The number of hydrazone groups is 1. The molecule has 3 rings (SSSR count). The monoisotopic (exact) mass is 370 g/mol. The van der Waals surface area contributed by atoms with Crippen molar-refractivity contribution < 1.29 is 4.79 Å². The number of imidazole rings is 1. The predicted molar refractivity (Wildman–Crippen MR) is 94.2 cm³/mol. The average Bonchev–Trinajstić information content (AvgIpc) is 2.98. The number of para-hydroxylation sites is 2. The lowest BCUT2D eigenvalue weighted by atomic mass is 10.2. The highest BCUT2D eigenvalue weighted by atomic mass is 79.9. The first kappa shape index (κ1) is 15.4. The molecule has 0 bridgehead atoms. The van der Waals surface area contributed by atoms with Gasteiger partial charge in [0.15, 0.2) is 0 Å². The summed E-state index contributed by atoms with van der Waals surface area (Å²) in [7, 11) is 0. The Morgan fingerprint density at radius 1 is 1.22 bits per heavy atom. The van der Waals surface area contributed by atoms with E-state index in [9.17, 15) is 4.79 Å². The molecule has 6 heteroatoms. The summed E-state index contributed by atoms with van der Waals surface area (Å²) in [6.45, 7) is 0.570. The van der Waals surface area contributed by atoms with Crippen molar-refractivity contribution in [3.8, 4) is 0 Å². The molecule has 0 aliphatic heterocycles. The zero-order valence-electron chi connectivity index (χ0n) is 12.3. The van der Waals surface area contributed by atoms with Crippen molar-refractivity contribution in [3.63, 3.8) is 0 Å². The third-order valence-corrected chi connectivity index (χ3v) is 3.91. The molecule has 0 saturated carbocycles. The highest BCUT2D eigenvalue weighted by molar-refractivity contribution is 9.10. The number of nitrogens with one attached hydrogen (secondary N) is 1. The van der Waals surface area contributed by atoms with E-state index in [2.05, 4.69) is 31.4 Å². The standard InChI is InChI=1S/C17H15BrN4O/c18-14-7-5-13(6-8-14)11-20-21-17(23)9-10-22-12-19-15-3-1-2-4-16(15)22/h1-8,11-12H,9-10H2,(H,21,23)/b20-11+. The molecule has 2 aromatic carbocycles. The van der Waals surface area contributed by atoms with E-state index in [0.717, 1.165) is 21.1 Å². The van der Waals surface area contributed by atoms with Crippen LogP contribution in [0.5, 0.6) is 0 Å². The summed E-state index contributed by atoms with van der Waals surface area (Å²) in [5.74, 6) is -0.129. The molecule has 1 N–H and O–H groups in total. The minimum Gasteiger partial charge on any atom is -0.330 e. The molecule has 0 fully saturated rings. The maximum Gasteiger partial charge on any atom is 0.241 e. The second-order valence-corrected chi connectivity index (χ2v) is 5.94. The maximum absolute atomic E-state index is 11.9. The molecule has 23 heavy (non-hydrogen) atoms. The van der Waals surface area contributed by atoms with E-state index < -0.39 is 0 Å². The van der Waals surface area contributed by atoms with Crippen LogP contribution in [-0.4, -0.2) is 21.7 Å². The molecule has 0 spiro atoms. The van der Waals surface area contributed by atoms with Crippen molar-refractivity contribution >= 4 is 39.1 Å². The molecule has 1 aromatic heterocycles. The summed E-state index contributed by atoms with van der Waals surface area (Å²) in [5.41, 5.74) is 5.42. The fraction of sp³-hybridized carbons (Fsp3) is 0.118. The Hall–Kier alpha value is -2.47. The Labute approximate surface area is 142 Å². The number of amides is 1. The van der Waals surface area contributed by atoms with E-state index in [1.165, 1.54) is 0 Å². The van der Waals surface area contributed by atoms with Crippen LogP contribution in [-0.2, 0) is 11.3 Å². The topological polar surface area (TPSA) is 59.3 Å². The van der Waals surface area contributed by atoms with Gasteiger partial charge in [0.05, 0.1) is 23.6 Å². The first-order valence-electron chi connectivity index (χ1n) is 7.20. The van der Waals surface area contributed by atoms with Crippen LogP contribution in [0.4, 0.5) is 0 Å². The zero-order valence-corrected chi connectivity index (χ0v) is 13.9. The van der Waals surface area contributed by atoms with E-state index in [0.29, 0.717) is 13.0 Å². The largest absolute Gasteiger partial charge is 0.330 e. The Morgan fingerprint density at radius 2 is 2.00 bits per heavy atom. The van der Waals surface area contributed by atoms with E-state index >= 15 is 0 Å². The number of rotatable bonds is 5. The minimum atomic E-state index is -0.129. The first-order chi connectivity index (χ1) is 11.2. The maximum atomic E-state index is 11.9. The lowest BCUT2D eigenvalue weighted by Gasteiger charge is -2.03. The number of hydrogen-bond acceptors (Lipinski definition) is 3. The van der Waals surface area contributed by atoms with Crippen LogP contribution in [0, 0.1) is 0 Å². The minimum absolute atomic E-state index is 0.129. The first-order valence-corrected chi connectivity index (χ1v) is 7.99. The van der Waals surface area contributed by atoms with Crippen molar-refractivity contribution in [3.05, 3.63) is 64.9 Å². The summed E-state index contributed by atoms with van der Waals surface area (Å²) < 4.78 is 2.97. The van der Waals surface area contributed by atoms with Gasteiger partial charge in [-0.15, -0.1) is 0 Å². The van der Waals surface area contributed by atoms with Gasteiger partial charge in [0.25, 0.3) is 0 Å². The van der Waals surface area contributed by atoms with E-state index in [1.807, 2.05) is 53.1 Å². The second kappa shape index (κ2) is 7.19. The third kappa shape index (κ3) is 4.04. The van der Waals surface area contributed by atoms with E-state index in [1.54, 1.807) is 12.5 Å². The number of benzene rings is 2. The molecule has 0 aliphatic rings. The lowest BCUT2D eigenvalue weighted by Crippen LogP contribution is -2.19. The molecule has 1 heterocycles. The molecule has 0 saturated heterocycles. The number of aromatic nitrogens is 2. The summed E-state index contributed by atoms with van der Waals surface area (Å²) in [6.07, 6.45) is 3.72. The number of aryl methyl sites for hydroxylation is 1. The Kier molecular flexibility index (Phi) is 4.83. The van der Waals surface area contributed by atoms with Gasteiger partial charge in [-0.05, 0) is 29.8 Å². The normalized spacial score (nSPS) is 11.2. The number of hydrogen-bond donors (Lipinski definition) is 1. The Balaban J connectivity index is 1.52. The summed E-state index contributed by atoms with van der Waals surface area (Å²) in [6, 6.07) is 15.5. The van der Waals surface area contributed by atoms with Crippen LogP contribution >= 0.6 is 15.9 Å². The van der Waals surface area contributed by atoms with Gasteiger partial charge in [-0.2, -0.15) is 5.10 Å². The van der Waals surface area contributed by atoms with Crippen molar-refractivity contribution in [2.24, 2.45) is 5.10 Å². The number of halogens is 1. The molecule has 5 nitrogen and oxygen atoms in total. The van der Waals surface area contributed by atoms with Gasteiger partial charge in [-0.3, -0.25) is 4.79 Å². The molecule has 3 aromatic rings. The predicted octanol–water partition coefficient (Wildman–Crippen LogP) is 3.34. The van der Waals surface area contributed by atoms with Crippen LogP contribution < -0.4 is 5.43 Å². The van der Waals surface area contributed by atoms with Crippen LogP contribution in [0.15, 0.2) is 64.4 Å². The molecular weight excluding hydrogens is 356 g/mol. The molecular formula is C17H15BrN4O. The van der Waals surface area contributed by atoms with Gasteiger partial charge in [-0.25, -0.2) is 10.4 Å². The Morgan fingerprint density at radius 3 is 2.83 bits per heavy atom. The number of carbonyl (C=O) groups excluding carboxylic acids is 1. The number of nitrogens with zero attached hydrogens (tertiary/aromatic N) is 3. The van der Waals surface area contributed by atoms with Gasteiger partial charge in [0, 0.05) is 17.4 Å². The van der Waals surface area contributed by atoms with Gasteiger partial charge in [0.2, 0.25) is 5.91 Å². The molecule has 0 atom stereocenters. The van der Waals surface area contributed by atoms with Gasteiger partial charge in [0.1, 0.15) is 0 Å². The Bertz CT molecular complexity index is 839. The lowest BCUT2D eigenvalue weighted by molar-refractivity contribution is -0.121. The van der Waals surface area contributed by atoms with Crippen molar-refractivity contribution in [1.29, 1.82) is 0 Å². The van der Waals surface area contributed by atoms with Crippen molar-refractivity contribution in [1.82, 2.24) is 15.0 Å². The summed E-state index contributed by atoms with van der Waals surface area (Å²) in [4.78, 5) is 16.2. The fourth-order valence-electron chi connectivity index (χ4n) is 2.19. The number of carbonyl (C=O) groups is 1. The molecule has 0 radical (unpaired) electrons. The van der Waals surface area contributed by atoms with Crippen molar-refractivity contribution in [2.45, 2.75) is 13.0 Å². The van der Waals surface area contributed by atoms with Crippen LogP contribution in [0.3, 0.4) is 0 Å². The summed E-state index contributed by atoms with van der Waals surface area (Å²) >= 11 is 3.37. The summed E-state index contributed by atoms with van der Waals surface area (Å²) in [5, 5.41) is 3.97. The molecule has 0 unspecified atom stereocenters. The quantitative estimate of drug-likeness (QED) is 0.553. The van der Waals surface area contributed by atoms with E-state index in [-0.39, 0.29) is 5.91 Å². The zero-order chi connectivity index (χ0) is 16.1. The average molecular weight is 371 g/mol. The fourth-order valence-corrected chi connectivity index (χ4v) is 2.46. The van der Waals surface area contributed by atoms with E-state index in [4.69, 9.17) is 0 Å². The van der Waals surface area contributed by atoms with Gasteiger partial charge in [-0.1, -0.05) is 40.2 Å². The molecule has 0 aliphatic carbocycles.